The predicted octanol–water partition coefficient (Wildman–Crippen LogP) is 1.75. The second kappa shape index (κ2) is 8.00. The summed E-state index contributed by atoms with van der Waals surface area (Å²) < 4.78 is 0. The summed E-state index contributed by atoms with van der Waals surface area (Å²) in [5.41, 5.74) is 1.32. The van der Waals surface area contributed by atoms with Crippen molar-refractivity contribution in [1.82, 2.24) is 25.7 Å². The van der Waals surface area contributed by atoms with Gasteiger partial charge in [-0.05, 0) is 63.9 Å². The Balaban J connectivity index is 1.31. The zero-order valence-electron chi connectivity index (χ0n) is 16.2. The molecule has 1 aliphatic heterocycles. The first-order chi connectivity index (χ1) is 13.1. The van der Waals surface area contributed by atoms with Crippen LogP contribution in [-0.4, -0.2) is 58.1 Å². The number of aromatic amines is 1. The Labute approximate surface area is 160 Å². The molecule has 148 valence electrons. The SMILES string of the molecule is Cc1cc(C(=O)NC[C@@H]2CC[C@H](CC(=O)NC3CCC3)N2CC2CC2)n[nH]1. The Bertz CT molecular complexity index is 680. The summed E-state index contributed by atoms with van der Waals surface area (Å²) in [6.45, 7) is 3.57. The van der Waals surface area contributed by atoms with Crippen LogP contribution in [0.4, 0.5) is 0 Å². The van der Waals surface area contributed by atoms with Crippen LogP contribution in [0.3, 0.4) is 0 Å². The highest BCUT2D eigenvalue weighted by atomic mass is 16.2. The Morgan fingerprint density at radius 2 is 1.96 bits per heavy atom. The van der Waals surface area contributed by atoms with E-state index in [9.17, 15) is 9.59 Å². The van der Waals surface area contributed by atoms with Crippen LogP contribution in [0.1, 0.15) is 67.5 Å². The molecule has 1 aromatic rings. The minimum atomic E-state index is -0.128. The van der Waals surface area contributed by atoms with E-state index in [0.717, 1.165) is 43.8 Å². The first-order valence-electron chi connectivity index (χ1n) is 10.4. The number of aryl methyl sites for hydroxylation is 1. The number of amides is 2. The second-order valence-electron chi connectivity index (χ2n) is 8.57. The van der Waals surface area contributed by atoms with Crippen molar-refractivity contribution >= 4 is 11.8 Å². The van der Waals surface area contributed by atoms with Gasteiger partial charge in [0.25, 0.3) is 5.91 Å². The largest absolute Gasteiger partial charge is 0.353 e. The summed E-state index contributed by atoms with van der Waals surface area (Å²) in [6.07, 6.45) is 8.74. The van der Waals surface area contributed by atoms with Gasteiger partial charge in [0.15, 0.2) is 0 Å². The summed E-state index contributed by atoms with van der Waals surface area (Å²) in [5.74, 6) is 0.839. The molecule has 0 radical (unpaired) electrons. The van der Waals surface area contributed by atoms with Crippen LogP contribution in [0, 0.1) is 12.8 Å². The molecule has 0 bridgehead atoms. The number of rotatable bonds is 8. The normalized spacial score (nSPS) is 26.0. The van der Waals surface area contributed by atoms with Gasteiger partial charge < -0.3 is 10.6 Å². The van der Waals surface area contributed by atoms with E-state index < -0.39 is 0 Å². The minimum absolute atomic E-state index is 0.128. The van der Waals surface area contributed by atoms with Gasteiger partial charge in [-0.3, -0.25) is 19.6 Å². The Morgan fingerprint density at radius 3 is 2.59 bits per heavy atom. The van der Waals surface area contributed by atoms with Crippen LogP contribution in [0.2, 0.25) is 0 Å². The van der Waals surface area contributed by atoms with Gasteiger partial charge in [-0.15, -0.1) is 0 Å². The highest BCUT2D eigenvalue weighted by Gasteiger charge is 2.38. The molecule has 2 heterocycles. The van der Waals surface area contributed by atoms with Crippen LogP contribution in [0.5, 0.6) is 0 Å². The van der Waals surface area contributed by atoms with Gasteiger partial charge in [-0.25, -0.2) is 0 Å². The third kappa shape index (κ3) is 4.69. The number of hydrogen-bond acceptors (Lipinski definition) is 4. The number of nitrogens with zero attached hydrogens (tertiary/aromatic N) is 2. The quantitative estimate of drug-likeness (QED) is 0.648. The fourth-order valence-electron chi connectivity index (χ4n) is 4.24. The molecular weight excluding hydrogens is 342 g/mol. The van der Waals surface area contributed by atoms with Crippen molar-refractivity contribution in [2.75, 3.05) is 13.1 Å². The molecule has 3 N–H and O–H groups in total. The van der Waals surface area contributed by atoms with E-state index in [1.807, 2.05) is 6.92 Å². The predicted molar refractivity (Wildman–Crippen MR) is 102 cm³/mol. The summed E-state index contributed by atoms with van der Waals surface area (Å²) in [7, 11) is 0. The highest BCUT2D eigenvalue weighted by molar-refractivity contribution is 5.92. The van der Waals surface area contributed by atoms with E-state index in [0.29, 0.717) is 36.8 Å². The molecule has 1 aromatic heterocycles. The number of nitrogens with one attached hydrogen (secondary N) is 3. The Hall–Kier alpha value is -1.89. The van der Waals surface area contributed by atoms with Crippen LogP contribution in [0.25, 0.3) is 0 Å². The van der Waals surface area contributed by atoms with Crippen LogP contribution >= 0.6 is 0 Å². The van der Waals surface area contributed by atoms with Gasteiger partial charge >= 0.3 is 0 Å². The van der Waals surface area contributed by atoms with Gasteiger partial charge in [-0.1, -0.05) is 0 Å². The molecule has 7 nitrogen and oxygen atoms in total. The van der Waals surface area contributed by atoms with Crippen molar-refractivity contribution in [1.29, 1.82) is 0 Å². The molecule has 2 atom stereocenters. The minimum Gasteiger partial charge on any atom is -0.353 e. The molecule has 1 saturated heterocycles. The summed E-state index contributed by atoms with van der Waals surface area (Å²) in [5, 5.41) is 13.1. The van der Waals surface area contributed by atoms with Gasteiger partial charge in [0.2, 0.25) is 5.91 Å². The van der Waals surface area contributed by atoms with E-state index in [1.165, 1.54) is 19.3 Å². The van der Waals surface area contributed by atoms with Crippen LogP contribution in [0.15, 0.2) is 6.07 Å². The fourth-order valence-corrected chi connectivity index (χ4v) is 4.24. The number of hydrogen-bond donors (Lipinski definition) is 3. The molecule has 0 unspecified atom stereocenters. The van der Waals surface area contributed by atoms with Gasteiger partial charge in [0.1, 0.15) is 5.69 Å². The molecule has 3 fully saturated rings. The zero-order valence-corrected chi connectivity index (χ0v) is 16.2. The molecule has 3 aliphatic rings. The van der Waals surface area contributed by atoms with E-state index in [1.54, 1.807) is 6.07 Å². The lowest BCUT2D eigenvalue weighted by molar-refractivity contribution is -0.123. The number of H-pyrrole nitrogens is 1. The lowest BCUT2D eigenvalue weighted by atomic mass is 9.93. The average Bonchev–Trinajstić information content (AvgIpc) is 3.20. The first-order valence-corrected chi connectivity index (χ1v) is 10.4. The van der Waals surface area contributed by atoms with Crippen molar-refractivity contribution in [2.45, 2.75) is 76.4 Å². The third-order valence-electron chi connectivity index (χ3n) is 6.27. The summed E-state index contributed by atoms with van der Waals surface area (Å²) in [6, 6.07) is 2.79. The molecular formula is C20H31N5O2. The Morgan fingerprint density at radius 1 is 1.19 bits per heavy atom. The van der Waals surface area contributed by atoms with Crippen molar-refractivity contribution < 1.29 is 9.59 Å². The maximum Gasteiger partial charge on any atom is 0.271 e. The van der Waals surface area contributed by atoms with Gasteiger partial charge in [-0.2, -0.15) is 5.10 Å². The number of carbonyl (C=O) groups is 2. The molecule has 27 heavy (non-hydrogen) atoms. The topological polar surface area (TPSA) is 90.1 Å². The highest BCUT2D eigenvalue weighted by Crippen LogP contribution is 2.35. The van der Waals surface area contributed by atoms with Crippen LogP contribution < -0.4 is 10.6 Å². The molecule has 4 rings (SSSR count). The first kappa shape index (κ1) is 18.5. The standard InChI is InChI=1S/C20H31N5O2/c1-13-9-18(24-23-13)20(27)21-11-17-8-7-16(25(17)12-14-5-6-14)10-19(26)22-15-3-2-4-15/h9,14-17H,2-8,10-12H2,1H3,(H,21,27)(H,22,26)(H,23,24)/t16-,17+/m1/s1. The van der Waals surface area contributed by atoms with Crippen LogP contribution in [-0.2, 0) is 4.79 Å². The maximum absolute atomic E-state index is 12.4. The molecule has 7 heteroatoms. The molecule has 0 spiro atoms. The lowest BCUT2D eigenvalue weighted by Crippen LogP contribution is -2.47. The average molecular weight is 374 g/mol. The number of carbonyl (C=O) groups excluding carboxylic acids is 2. The van der Waals surface area contributed by atoms with Gasteiger partial charge in [0.05, 0.1) is 0 Å². The van der Waals surface area contributed by atoms with Crippen molar-refractivity contribution in [3.05, 3.63) is 17.5 Å². The molecule has 2 aliphatic carbocycles. The molecule has 0 aromatic carbocycles. The number of aromatic nitrogens is 2. The van der Waals surface area contributed by atoms with E-state index in [4.69, 9.17) is 0 Å². The van der Waals surface area contributed by atoms with E-state index in [2.05, 4.69) is 25.7 Å². The summed E-state index contributed by atoms with van der Waals surface area (Å²) in [4.78, 5) is 27.2. The third-order valence-corrected chi connectivity index (χ3v) is 6.27. The molecule has 2 saturated carbocycles. The van der Waals surface area contributed by atoms with Crippen molar-refractivity contribution in [3.8, 4) is 0 Å². The molecule has 2 amide bonds. The fraction of sp³-hybridized carbons (Fsp3) is 0.750. The second-order valence-corrected chi connectivity index (χ2v) is 8.57. The van der Waals surface area contributed by atoms with E-state index >= 15 is 0 Å². The Kier molecular flexibility index (Phi) is 5.48. The number of likely N-dealkylation sites (tertiary alicyclic amines) is 1. The van der Waals surface area contributed by atoms with Gasteiger partial charge in [0, 0.05) is 43.3 Å². The lowest BCUT2D eigenvalue weighted by Gasteiger charge is -2.31. The van der Waals surface area contributed by atoms with Crippen molar-refractivity contribution in [2.24, 2.45) is 5.92 Å². The van der Waals surface area contributed by atoms with E-state index in [-0.39, 0.29) is 11.8 Å². The monoisotopic (exact) mass is 373 g/mol. The maximum atomic E-state index is 12.4. The zero-order chi connectivity index (χ0) is 18.8. The van der Waals surface area contributed by atoms with Crippen molar-refractivity contribution in [3.63, 3.8) is 0 Å². The smallest absolute Gasteiger partial charge is 0.271 e. The summed E-state index contributed by atoms with van der Waals surface area (Å²) >= 11 is 0.